The van der Waals surface area contributed by atoms with E-state index in [-0.39, 0.29) is 6.04 Å². The van der Waals surface area contributed by atoms with Gasteiger partial charge in [-0.15, -0.1) is 0 Å². The van der Waals surface area contributed by atoms with E-state index >= 15 is 0 Å². The summed E-state index contributed by atoms with van der Waals surface area (Å²) in [5.74, 6) is 0.990. The lowest BCUT2D eigenvalue weighted by Gasteiger charge is -2.15. The summed E-state index contributed by atoms with van der Waals surface area (Å²) >= 11 is 0. The number of benzene rings is 1. The Balaban J connectivity index is 1.76. The smallest absolute Gasteiger partial charge is 0.122 e. The maximum atomic E-state index is 6.04. The Morgan fingerprint density at radius 3 is 3.00 bits per heavy atom. The summed E-state index contributed by atoms with van der Waals surface area (Å²) in [6, 6.07) is 8.45. The Kier molecular flexibility index (Phi) is 6.34. The third kappa shape index (κ3) is 4.80. The van der Waals surface area contributed by atoms with Crippen molar-refractivity contribution < 1.29 is 9.47 Å². The summed E-state index contributed by atoms with van der Waals surface area (Å²) < 4.78 is 11.6. The van der Waals surface area contributed by atoms with Gasteiger partial charge < -0.3 is 15.2 Å². The fraction of sp³-hybridized carbons (Fsp3) is 0.647. The molecule has 1 aliphatic rings. The number of hydrogen-bond donors (Lipinski definition) is 1. The molecule has 112 valence electrons. The van der Waals surface area contributed by atoms with Crippen molar-refractivity contribution in [1.29, 1.82) is 0 Å². The highest BCUT2D eigenvalue weighted by molar-refractivity contribution is 5.33. The van der Waals surface area contributed by atoms with Crippen LogP contribution in [-0.4, -0.2) is 25.4 Å². The molecule has 2 N–H and O–H groups in total. The predicted molar refractivity (Wildman–Crippen MR) is 82.1 cm³/mol. The van der Waals surface area contributed by atoms with Crippen LogP contribution in [0.2, 0.25) is 0 Å². The minimum Gasteiger partial charge on any atom is -0.493 e. The number of rotatable bonds is 8. The minimum absolute atomic E-state index is 0.214. The first kappa shape index (κ1) is 15.3. The van der Waals surface area contributed by atoms with Gasteiger partial charge in [0.25, 0.3) is 0 Å². The normalized spacial score (nSPS) is 20.0. The average molecular weight is 277 g/mol. The van der Waals surface area contributed by atoms with Crippen LogP contribution < -0.4 is 10.5 Å². The largest absolute Gasteiger partial charge is 0.493 e. The van der Waals surface area contributed by atoms with Crippen LogP contribution in [0.3, 0.4) is 0 Å². The molecule has 1 aromatic carbocycles. The second kappa shape index (κ2) is 8.28. The van der Waals surface area contributed by atoms with Gasteiger partial charge in [-0.1, -0.05) is 25.1 Å². The van der Waals surface area contributed by atoms with Gasteiger partial charge in [0.15, 0.2) is 0 Å². The number of nitrogens with two attached hydrogens (primary N) is 1. The van der Waals surface area contributed by atoms with Gasteiger partial charge in [0, 0.05) is 12.6 Å². The lowest BCUT2D eigenvalue weighted by atomic mass is 10.0. The van der Waals surface area contributed by atoms with Gasteiger partial charge in [0.05, 0.1) is 12.7 Å². The zero-order chi connectivity index (χ0) is 14.2. The number of ether oxygens (including phenoxy) is 2. The van der Waals surface area contributed by atoms with Gasteiger partial charge in [-0.3, -0.25) is 0 Å². The van der Waals surface area contributed by atoms with Crippen molar-refractivity contribution in [2.45, 2.75) is 57.6 Å². The van der Waals surface area contributed by atoms with Crippen molar-refractivity contribution in [2.24, 2.45) is 5.73 Å². The van der Waals surface area contributed by atoms with Crippen LogP contribution in [0.15, 0.2) is 24.3 Å². The molecule has 0 amide bonds. The van der Waals surface area contributed by atoms with Crippen LogP contribution in [0.25, 0.3) is 0 Å². The average Bonchev–Trinajstić information content (AvgIpc) is 2.98. The Labute approximate surface area is 122 Å². The Morgan fingerprint density at radius 2 is 2.25 bits per heavy atom. The molecule has 1 heterocycles. The van der Waals surface area contributed by atoms with Crippen LogP contribution in [-0.2, 0) is 11.2 Å². The van der Waals surface area contributed by atoms with E-state index in [9.17, 15) is 0 Å². The van der Waals surface area contributed by atoms with Crippen molar-refractivity contribution in [3.8, 4) is 5.75 Å². The monoisotopic (exact) mass is 277 g/mol. The molecule has 0 spiro atoms. The molecule has 0 aromatic heterocycles. The van der Waals surface area contributed by atoms with E-state index in [1.807, 2.05) is 12.1 Å². The van der Waals surface area contributed by atoms with E-state index in [4.69, 9.17) is 15.2 Å². The van der Waals surface area contributed by atoms with Gasteiger partial charge in [-0.25, -0.2) is 0 Å². The molecule has 1 aromatic rings. The van der Waals surface area contributed by atoms with Crippen molar-refractivity contribution in [3.05, 3.63) is 29.8 Å². The Hall–Kier alpha value is -1.06. The van der Waals surface area contributed by atoms with Gasteiger partial charge >= 0.3 is 0 Å². The highest BCUT2D eigenvalue weighted by Crippen LogP contribution is 2.21. The first-order valence-electron chi connectivity index (χ1n) is 7.87. The molecule has 2 atom stereocenters. The lowest BCUT2D eigenvalue weighted by Crippen LogP contribution is -2.21. The SMILES string of the molecule is CCC(N)Cc1ccccc1OCCCC1CCCO1. The zero-order valence-corrected chi connectivity index (χ0v) is 12.5. The van der Waals surface area contributed by atoms with E-state index in [1.165, 1.54) is 18.4 Å². The molecule has 2 unspecified atom stereocenters. The van der Waals surface area contributed by atoms with Gasteiger partial charge in [0.1, 0.15) is 5.75 Å². The van der Waals surface area contributed by atoms with Crippen molar-refractivity contribution in [3.63, 3.8) is 0 Å². The van der Waals surface area contributed by atoms with E-state index in [0.717, 1.165) is 44.6 Å². The predicted octanol–water partition coefficient (Wildman–Crippen LogP) is 3.30. The quantitative estimate of drug-likeness (QED) is 0.741. The standard InChI is InChI=1S/C17H27NO2/c1-2-15(18)13-14-7-3-4-10-17(14)20-12-6-9-16-8-5-11-19-16/h3-4,7,10,15-16H,2,5-6,8-9,11-13,18H2,1H3. The van der Waals surface area contributed by atoms with Crippen LogP contribution in [0.5, 0.6) is 5.75 Å². The second-order valence-corrected chi connectivity index (χ2v) is 5.61. The van der Waals surface area contributed by atoms with Crippen LogP contribution >= 0.6 is 0 Å². The molecule has 0 aliphatic carbocycles. The fourth-order valence-corrected chi connectivity index (χ4v) is 2.61. The summed E-state index contributed by atoms with van der Waals surface area (Å²) in [7, 11) is 0. The molecular formula is C17H27NO2. The molecule has 3 heteroatoms. The van der Waals surface area contributed by atoms with E-state index in [1.54, 1.807) is 0 Å². The molecule has 2 rings (SSSR count). The van der Waals surface area contributed by atoms with Crippen molar-refractivity contribution >= 4 is 0 Å². The maximum absolute atomic E-state index is 6.04. The zero-order valence-electron chi connectivity index (χ0n) is 12.5. The van der Waals surface area contributed by atoms with Crippen LogP contribution in [0.4, 0.5) is 0 Å². The molecule has 1 fully saturated rings. The van der Waals surface area contributed by atoms with Crippen molar-refractivity contribution in [2.75, 3.05) is 13.2 Å². The summed E-state index contributed by atoms with van der Waals surface area (Å²) in [5, 5.41) is 0. The van der Waals surface area contributed by atoms with Crippen LogP contribution in [0.1, 0.15) is 44.6 Å². The second-order valence-electron chi connectivity index (χ2n) is 5.61. The minimum atomic E-state index is 0.214. The highest BCUT2D eigenvalue weighted by Gasteiger charge is 2.14. The molecule has 3 nitrogen and oxygen atoms in total. The topological polar surface area (TPSA) is 44.5 Å². The highest BCUT2D eigenvalue weighted by atomic mass is 16.5. The van der Waals surface area contributed by atoms with Crippen LogP contribution in [0, 0.1) is 0 Å². The van der Waals surface area contributed by atoms with E-state index in [0.29, 0.717) is 6.10 Å². The molecule has 20 heavy (non-hydrogen) atoms. The summed E-state index contributed by atoms with van der Waals surface area (Å²) in [4.78, 5) is 0. The van der Waals surface area contributed by atoms with Gasteiger partial charge in [0.2, 0.25) is 0 Å². The van der Waals surface area contributed by atoms with E-state index in [2.05, 4.69) is 19.1 Å². The third-order valence-electron chi connectivity index (χ3n) is 3.93. The number of para-hydroxylation sites is 1. The molecule has 0 radical (unpaired) electrons. The summed E-state index contributed by atoms with van der Waals surface area (Å²) in [6.07, 6.45) is 6.93. The third-order valence-corrected chi connectivity index (χ3v) is 3.93. The Bertz CT molecular complexity index is 388. The van der Waals surface area contributed by atoms with Crippen molar-refractivity contribution in [1.82, 2.24) is 0 Å². The molecule has 1 aliphatic heterocycles. The fourth-order valence-electron chi connectivity index (χ4n) is 2.61. The summed E-state index contributed by atoms with van der Waals surface area (Å²) in [5.41, 5.74) is 7.26. The van der Waals surface area contributed by atoms with Gasteiger partial charge in [-0.05, 0) is 50.2 Å². The molecule has 1 saturated heterocycles. The molecule has 0 saturated carbocycles. The van der Waals surface area contributed by atoms with Gasteiger partial charge in [-0.2, -0.15) is 0 Å². The lowest BCUT2D eigenvalue weighted by molar-refractivity contribution is 0.0981. The first-order valence-corrected chi connectivity index (χ1v) is 7.87. The molecule has 0 bridgehead atoms. The first-order chi connectivity index (χ1) is 9.79. The Morgan fingerprint density at radius 1 is 1.40 bits per heavy atom. The maximum Gasteiger partial charge on any atom is 0.122 e. The van der Waals surface area contributed by atoms with E-state index < -0.39 is 0 Å². The summed E-state index contributed by atoms with van der Waals surface area (Å²) in [6.45, 7) is 3.82. The molecular weight excluding hydrogens is 250 g/mol. The number of hydrogen-bond acceptors (Lipinski definition) is 3.